The maximum Gasteiger partial charge on any atom is 0.325 e. The van der Waals surface area contributed by atoms with E-state index in [1.165, 1.54) is 0 Å². The summed E-state index contributed by atoms with van der Waals surface area (Å²) in [5.74, 6) is -0.860. The van der Waals surface area contributed by atoms with Crippen LogP contribution in [0.5, 0.6) is 0 Å². The number of carbonyl (C=O) groups excluding carboxylic acids is 3. The summed E-state index contributed by atoms with van der Waals surface area (Å²) in [6, 6.07) is 3.82. The van der Waals surface area contributed by atoms with E-state index in [1.54, 1.807) is 18.2 Å². The Hall–Kier alpha value is -1.79. The van der Waals surface area contributed by atoms with Crippen molar-refractivity contribution in [1.29, 1.82) is 0 Å². The van der Waals surface area contributed by atoms with Crippen molar-refractivity contribution in [3.05, 3.63) is 33.8 Å². The summed E-state index contributed by atoms with van der Waals surface area (Å²) in [4.78, 5) is 36.7. The number of imide groups is 1. The SMILES string of the molecule is CC(C)C1NC(=O)N(CC(=O)NCc2ccc(Cl)cc2Cl)C1=O. The molecule has 0 aliphatic carbocycles. The van der Waals surface area contributed by atoms with E-state index in [0.29, 0.717) is 15.6 Å². The van der Waals surface area contributed by atoms with Crippen LogP contribution in [0.2, 0.25) is 10.0 Å². The van der Waals surface area contributed by atoms with Crippen LogP contribution in [-0.4, -0.2) is 35.3 Å². The normalized spacial score (nSPS) is 17.6. The third-order valence-corrected chi connectivity index (χ3v) is 4.10. The number of nitrogens with one attached hydrogen (secondary N) is 2. The molecule has 1 atom stereocenters. The summed E-state index contributed by atoms with van der Waals surface area (Å²) in [5.41, 5.74) is 0.696. The molecule has 1 aliphatic rings. The summed E-state index contributed by atoms with van der Waals surface area (Å²) in [5, 5.41) is 6.14. The Morgan fingerprint density at radius 3 is 2.61 bits per heavy atom. The average Bonchev–Trinajstić information content (AvgIpc) is 2.74. The predicted molar refractivity (Wildman–Crippen MR) is 87.2 cm³/mol. The molecule has 0 saturated carbocycles. The Bertz CT molecular complexity index is 649. The molecule has 0 bridgehead atoms. The molecule has 124 valence electrons. The number of benzene rings is 1. The molecule has 1 aliphatic heterocycles. The molecule has 1 aromatic carbocycles. The van der Waals surface area contributed by atoms with Gasteiger partial charge in [0.1, 0.15) is 12.6 Å². The van der Waals surface area contributed by atoms with E-state index in [9.17, 15) is 14.4 Å². The van der Waals surface area contributed by atoms with Gasteiger partial charge >= 0.3 is 6.03 Å². The second kappa shape index (κ2) is 7.19. The molecule has 4 amide bonds. The highest BCUT2D eigenvalue weighted by Crippen LogP contribution is 2.20. The van der Waals surface area contributed by atoms with E-state index >= 15 is 0 Å². The topological polar surface area (TPSA) is 78.5 Å². The molecule has 1 fully saturated rings. The quantitative estimate of drug-likeness (QED) is 0.792. The minimum absolute atomic E-state index is 0.0348. The maximum atomic E-state index is 12.1. The van der Waals surface area contributed by atoms with Crippen LogP contribution < -0.4 is 10.6 Å². The monoisotopic (exact) mass is 357 g/mol. The second-order valence-corrected chi connectivity index (χ2v) is 6.45. The third kappa shape index (κ3) is 4.14. The molecular formula is C15H17Cl2N3O3. The van der Waals surface area contributed by atoms with Crippen LogP contribution in [0.15, 0.2) is 18.2 Å². The molecule has 2 rings (SSSR count). The first-order valence-electron chi connectivity index (χ1n) is 7.12. The van der Waals surface area contributed by atoms with Gasteiger partial charge in [0, 0.05) is 16.6 Å². The van der Waals surface area contributed by atoms with Gasteiger partial charge in [-0.05, 0) is 23.6 Å². The number of carbonyl (C=O) groups is 3. The number of rotatable bonds is 5. The number of amides is 4. The lowest BCUT2D eigenvalue weighted by Gasteiger charge is -2.14. The number of nitrogens with zero attached hydrogens (tertiary/aromatic N) is 1. The Labute approximate surface area is 144 Å². The van der Waals surface area contributed by atoms with Crippen LogP contribution in [0, 0.1) is 5.92 Å². The van der Waals surface area contributed by atoms with Gasteiger partial charge in [0.05, 0.1) is 0 Å². The standard InChI is InChI=1S/C15H17Cl2N3O3/c1-8(2)13-14(22)20(15(23)19-13)7-12(21)18-6-9-3-4-10(16)5-11(9)17/h3-5,8,13H,6-7H2,1-2H3,(H,18,21)(H,19,23). The average molecular weight is 358 g/mol. The molecule has 23 heavy (non-hydrogen) atoms. The van der Waals surface area contributed by atoms with Gasteiger partial charge in [-0.2, -0.15) is 0 Å². The smallest absolute Gasteiger partial charge is 0.325 e. The summed E-state index contributed by atoms with van der Waals surface area (Å²) in [6.45, 7) is 3.52. The summed E-state index contributed by atoms with van der Waals surface area (Å²) in [6.07, 6.45) is 0. The van der Waals surface area contributed by atoms with Crippen molar-refractivity contribution in [3.8, 4) is 0 Å². The van der Waals surface area contributed by atoms with Crippen LogP contribution >= 0.6 is 23.2 Å². The van der Waals surface area contributed by atoms with E-state index in [2.05, 4.69) is 10.6 Å². The van der Waals surface area contributed by atoms with E-state index in [0.717, 1.165) is 4.90 Å². The van der Waals surface area contributed by atoms with Crippen LogP contribution in [0.1, 0.15) is 19.4 Å². The van der Waals surface area contributed by atoms with Gasteiger partial charge in [0.15, 0.2) is 0 Å². The van der Waals surface area contributed by atoms with E-state index in [1.807, 2.05) is 13.8 Å². The zero-order valence-electron chi connectivity index (χ0n) is 12.7. The van der Waals surface area contributed by atoms with E-state index in [-0.39, 0.29) is 24.9 Å². The van der Waals surface area contributed by atoms with Crippen molar-refractivity contribution < 1.29 is 14.4 Å². The van der Waals surface area contributed by atoms with Crippen molar-refractivity contribution in [2.45, 2.75) is 26.4 Å². The Balaban J connectivity index is 1.92. The van der Waals surface area contributed by atoms with Crippen molar-refractivity contribution in [2.24, 2.45) is 5.92 Å². The van der Waals surface area contributed by atoms with Gasteiger partial charge in [-0.1, -0.05) is 43.1 Å². The highest BCUT2D eigenvalue weighted by Gasteiger charge is 2.40. The zero-order chi connectivity index (χ0) is 17.1. The molecule has 1 aromatic rings. The molecule has 0 radical (unpaired) electrons. The lowest BCUT2D eigenvalue weighted by Crippen LogP contribution is -2.41. The molecule has 2 N–H and O–H groups in total. The number of hydrogen-bond donors (Lipinski definition) is 2. The van der Waals surface area contributed by atoms with Gasteiger partial charge in [-0.25, -0.2) is 4.79 Å². The van der Waals surface area contributed by atoms with Crippen molar-refractivity contribution in [1.82, 2.24) is 15.5 Å². The van der Waals surface area contributed by atoms with Gasteiger partial charge in [0.2, 0.25) is 5.91 Å². The van der Waals surface area contributed by atoms with Crippen molar-refractivity contribution in [3.63, 3.8) is 0 Å². The summed E-state index contributed by atoms with van der Waals surface area (Å²) < 4.78 is 0. The molecule has 1 unspecified atom stereocenters. The minimum Gasteiger partial charge on any atom is -0.350 e. The molecule has 0 spiro atoms. The van der Waals surface area contributed by atoms with E-state index < -0.39 is 18.0 Å². The fraction of sp³-hybridized carbons (Fsp3) is 0.400. The zero-order valence-corrected chi connectivity index (χ0v) is 14.2. The van der Waals surface area contributed by atoms with Crippen molar-refractivity contribution >= 4 is 41.0 Å². The molecule has 1 heterocycles. The van der Waals surface area contributed by atoms with Crippen LogP contribution in [0.3, 0.4) is 0 Å². The van der Waals surface area contributed by atoms with Crippen LogP contribution in [0.4, 0.5) is 4.79 Å². The lowest BCUT2D eigenvalue weighted by atomic mass is 10.1. The highest BCUT2D eigenvalue weighted by molar-refractivity contribution is 6.35. The fourth-order valence-corrected chi connectivity index (χ4v) is 2.68. The Morgan fingerprint density at radius 2 is 2.04 bits per heavy atom. The third-order valence-electron chi connectivity index (χ3n) is 3.52. The largest absolute Gasteiger partial charge is 0.350 e. The van der Waals surface area contributed by atoms with E-state index in [4.69, 9.17) is 23.2 Å². The lowest BCUT2D eigenvalue weighted by molar-refractivity contribution is -0.132. The van der Waals surface area contributed by atoms with Gasteiger partial charge in [-0.3, -0.25) is 14.5 Å². The van der Waals surface area contributed by atoms with Crippen LogP contribution in [0.25, 0.3) is 0 Å². The maximum absolute atomic E-state index is 12.1. The number of urea groups is 1. The van der Waals surface area contributed by atoms with Gasteiger partial charge in [-0.15, -0.1) is 0 Å². The fourth-order valence-electron chi connectivity index (χ4n) is 2.20. The molecule has 1 saturated heterocycles. The highest BCUT2D eigenvalue weighted by atomic mass is 35.5. The summed E-state index contributed by atoms with van der Waals surface area (Å²) >= 11 is 11.8. The first-order chi connectivity index (χ1) is 10.8. The molecular weight excluding hydrogens is 341 g/mol. The predicted octanol–water partition coefficient (Wildman–Crippen LogP) is 2.19. The molecule has 8 heteroatoms. The van der Waals surface area contributed by atoms with Crippen LogP contribution in [-0.2, 0) is 16.1 Å². The van der Waals surface area contributed by atoms with Crippen molar-refractivity contribution in [2.75, 3.05) is 6.54 Å². The first kappa shape index (κ1) is 17.6. The van der Waals surface area contributed by atoms with Gasteiger partial charge < -0.3 is 10.6 Å². The summed E-state index contributed by atoms with van der Waals surface area (Å²) in [7, 11) is 0. The molecule has 0 aromatic heterocycles. The molecule has 6 nitrogen and oxygen atoms in total. The Morgan fingerprint density at radius 1 is 1.35 bits per heavy atom. The van der Waals surface area contributed by atoms with Gasteiger partial charge in [0.25, 0.3) is 5.91 Å². The Kier molecular flexibility index (Phi) is 5.49. The minimum atomic E-state index is -0.582. The number of hydrogen-bond acceptors (Lipinski definition) is 3. The second-order valence-electron chi connectivity index (χ2n) is 5.61. The number of halogens is 2. The first-order valence-corrected chi connectivity index (χ1v) is 7.87.